The number of piperidine rings is 1. The molecule has 0 saturated carbocycles. The number of rotatable bonds is 7. The Morgan fingerprint density at radius 2 is 1.73 bits per heavy atom. The Balaban J connectivity index is 1.51. The predicted octanol–water partition coefficient (Wildman–Crippen LogP) is 3.38. The number of sulfonamides is 1. The van der Waals surface area contributed by atoms with E-state index in [-0.39, 0.29) is 5.75 Å². The highest BCUT2D eigenvalue weighted by Crippen LogP contribution is 2.22. The highest BCUT2D eigenvalue weighted by molar-refractivity contribution is 7.89. The Labute approximate surface area is 156 Å². The van der Waals surface area contributed by atoms with Gasteiger partial charge in [-0.1, -0.05) is 30.3 Å². The second-order valence-electron chi connectivity index (χ2n) is 6.52. The molecule has 0 radical (unpaired) electrons. The Hall–Kier alpha value is -1.89. The summed E-state index contributed by atoms with van der Waals surface area (Å²) < 4.78 is 31.3. The van der Waals surface area contributed by atoms with Crippen molar-refractivity contribution < 1.29 is 13.2 Å². The Morgan fingerprint density at radius 1 is 1.04 bits per heavy atom. The molecule has 6 heteroatoms. The molecular formula is C20H26N2O3S. The van der Waals surface area contributed by atoms with Gasteiger partial charge in [0.2, 0.25) is 10.0 Å². The van der Waals surface area contributed by atoms with Crippen LogP contribution in [0.3, 0.4) is 0 Å². The third-order valence-corrected chi connectivity index (χ3v) is 6.57. The van der Waals surface area contributed by atoms with E-state index in [4.69, 9.17) is 4.74 Å². The lowest BCUT2D eigenvalue weighted by molar-refractivity contribution is 0.289. The highest BCUT2D eigenvalue weighted by Gasteiger charge is 2.26. The molecular weight excluding hydrogens is 348 g/mol. The molecule has 140 valence electrons. The summed E-state index contributed by atoms with van der Waals surface area (Å²) in [4.78, 5) is 0. The number of nitrogens with one attached hydrogen (secondary N) is 1. The van der Waals surface area contributed by atoms with E-state index in [2.05, 4.69) is 11.4 Å². The molecule has 1 aliphatic heterocycles. The summed E-state index contributed by atoms with van der Waals surface area (Å²) in [6, 6.07) is 18.1. The standard InChI is InChI=1S/C20H26N2O3S/c1-2-26(23,24)22-13-11-18(12-14-22)21-16-17-7-6-10-20(15-17)25-19-8-4-3-5-9-19/h3-10,15,18,21H,2,11-14,16H2,1H3. The van der Waals surface area contributed by atoms with Crippen molar-refractivity contribution in [3.8, 4) is 11.5 Å². The number of hydrogen-bond donors (Lipinski definition) is 1. The quantitative estimate of drug-likeness (QED) is 0.807. The normalized spacial score (nSPS) is 16.5. The number of nitrogens with zero attached hydrogens (tertiary/aromatic N) is 1. The summed E-state index contributed by atoms with van der Waals surface area (Å²) in [5, 5.41) is 3.54. The monoisotopic (exact) mass is 374 g/mol. The van der Waals surface area contributed by atoms with Crippen molar-refractivity contribution in [1.82, 2.24) is 9.62 Å². The van der Waals surface area contributed by atoms with Crippen LogP contribution in [0, 0.1) is 0 Å². The van der Waals surface area contributed by atoms with Crippen LogP contribution in [0.1, 0.15) is 25.3 Å². The molecule has 0 aliphatic carbocycles. The fourth-order valence-corrected chi connectivity index (χ4v) is 4.26. The number of hydrogen-bond acceptors (Lipinski definition) is 4. The van der Waals surface area contributed by atoms with Crippen LogP contribution in [0.2, 0.25) is 0 Å². The lowest BCUT2D eigenvalue weighted by atomic mass is 10.1. The predicted molar refractivity (Wildman–Crippen MR) is 104 cm³/mol. The number of benzene rings is 2. The number of para-hydroxylation sites is 1. The van der Waals surface area contributed by atoms with Gasteiger partial charge in [0.05, 0.1) is 5.75 Å². The molecule has 0 unspecified atom stereocenters. The Kier molecular flexibility index (Phi) is 6.29. The zero-order valence-electron chi connectivity index (χ0n) is 15.1. The van der Waals surface area contributed by atoms with E-state index in [1.165, 1.54) is 0 Å². The third-order valence-electron chi connectivity index (χ3n) is 4.68. The summed E-state index contributed by atoms with van der Waals surface area (Å²) in [6.07, 6.45) is 1.69. The van der Waals surface area contributed by atoms with Gasteiger partial charge >= 0.3 is 0 Å². The van der Waals surface area contributed by atoms with Crippen molar-refractivity contribution in [2.24, 2.45) is 0 Å². The summed E-state index contributed by atoms with van der Waals surface area (Å²) in [5.74, 6) is 1.82. The largest absolute Gasteiger partial charge is 0.457 e. The minimum absolute atomic E-state index is 0.180. The first-order valence-electron chi connectivity index (χ1n) is 9.10. The summed E-state index contributed by atoms with van der Waals surface area (Å²) in [6.45, 7) is 3.65. The smallest absolute Gasteiger partial charge is 0.213 e. The fourth-order valence-electron chi connectivity index (χ4n) is 3.13. The molecule has 26 heavy (non-hydrogen) atoms. The van der Waals surface area contributed by atoms with Crippen molar-refractivity contribution >= 4 is 10.0 Å². The lowest BCUT2D eigenvalue weighted by Crippen LogP contribution is -2.45. The average Bonchev–Trinajstić information content (AvgIpc) is 2.68. The van der Waals surface area contributed by atoms with Gasteiger partial charge in [0.1, 0.15) is 11.5 Å². The van der Waals surface area contributed by atoms with Crippen LogP contribution in [-0.4, -0.2) is 37.6 Å². The van der Waals surface area contributed by atoms with Gasteiger partial charge in [-0.3, -0.25) is 0 Å². The van der Waals surface area contributed by atoms with Crippen LogP contribution >= 0.6 is 0 Å². The Bertz CT molecular complexity index is 801. The summed E-state index contributed by atoms with van der Waals surface area (Å²) in [7, 11) is -3.06. The molecule has 0 bridgehead atoms. The molecule has 0 atom stereocenters. The molecule has 3 rings (SSSR count). The zero-order chi connectivity index (χ0) is 18.4. The van der Waals surface area contributed by atoms with Gasteiger partial charge in [-0.2, -0.15) is 0 Å². The molecule has 5 nitrogen and oxygen atoms in total. The molecule has 1 heterocycles. The maximum absolute atomic E-state index is 11.9. The van der Waals surface area contributed by atoms with Crippen molar-refractivity contribution in [3.05, 3.63) is 60.2 Å². The van der Waals surface area contributed by atoms with Gasteiger partial charge in [0, 0.05) is 25.7 Å². The average molecular weight is 375 g/mol. The maximum atomic E-state index is 11.9. The molecule has 2 aromatic rings. The molecule has 0 aromatic heterocycles. The van der Waals surface area contributed by atoms with Crippen molar-refractivity contribution in [2.45, 2.75) is 32.4 Å². The first-order valence-corrected chi connectivity index (χ1v) is 10.7. The first kappa shape index (κ1) is 18.9. The van der Waals surface area contributed by atoms with E-state index in [9.17, 15) is 8.42 Å². The molecule has 1 aliphatic rings. The molecule has 1 saturated heterocycles. The van der Waals surface area contributed by atoms with Crippen LogP contribution in [-0.2, 0) is 16.6 Å². The Morgan fingerprint density at radius 3 is 2.42 bits per heavy atom. The topological polar surface area (TPSA) is 58.6 Å². The molecule has 1 fully saturated rings. The van der Waals surface area contributed by atoms with E-state index in [0.717, 1.165) is 36.4 Å². The van der Waals surface area contributed by atoms with Crippen LogP contribution < -0.4 is 10.1 Å². The van der Waals surface area contributed by atoms with E-state index in [0.29, 0.717) is 19.1 Å². The summed E-state index contributed by atoms with van der Waals surface area (Å²) >= 11 is 0. The number of ether oxygens (including phenoxy) is 1. The lowest BCUT2D eigenvalue weighted by Gasteiger charge is -2.31. The van der Waals surface area contributed by atoms with Crippen LogP contribution in [0.15, 0.2) is 54.6 Å². The van der Waals surface area contributed by atoms with Gasteiger partial charge in [0.15, 0.2) is 0 Å². The van der Waals surface area contributed by atoms with Gasteiger partial charge in [-0.25, -0.2) is 12.7 Å². The van der Waals surface area contributed by atoms with Crippen molar-refractivity contribution in [2.75, 3.05) is 18.8 Å². The van der Waals surface area contributed by atoms with Crippen LogP contribution in [0.25, 0.3) is 0 Å². The third kappa shape index (κ3) is 5.06. The SMILES string of the molecule is CCS(=O)(=O)N1CCC(NCc2cccc(Oc3ccccc3)c2)CC1. The first-order chi connectivity index (χ1) is 12.6. The zero-order valence-corrected chi connectivity index (χ0v) is 15.9. The molecule has 0 amide bonds. The minimum Gasteiger partial charge on any atom is -0.457 e. The molecule has 2 aromatic carbocycles. The van der Waals surface area contributed by atoms with Crippen molar-refractivity contribution in [3.63, 3.8) is 0 Å². The minimum atomic E-state index is -3.06. The van der Waals surface area contributed by atoms with Gasteiger partial charge in [-0.05, 0) is 49.6 Å². The summed E-state index contributed by atoms with van der Waals surface area (Å²) in [5.41, 5.74) is 1.15. The van der Waals surface area contributed by atoms with Gasteiger partial charge < -0.3 is 10.1 Å². The molecule has 0 spiro atoms. The fraction of sp³-hybridized carbons (Fsp3) is 0.400. The van der Waals surface area contributed by atoms with Gasteiger partial charge in [-0.15, -0.1) is 0 Å². The second-order valence-corrected chi connectivity index (χ2v) is 8.77. The maximum Gasteiger partial charge on any atom is 0.213 e. The second kappa shape index (κ2) is 8.66. The molecule has 1 N–H and O–H groups in total. The van der Waals surface area contributed by atoms with E-state index in [1.807, 2.05) is 48.5 Å². The highest BCUT2D eigenvalue weighted by atomic mass is 32.2. The van der Waals surface area contributed by atoms with E-state index in [1.54, 1.807) is 11.2 Å². The van der Waals surface area contributed by atoms with Crippen molar-refractivity contribution in [1.29, 1.82) is 0 Å². The van der Waals surface area contributed by atoms with Crippen LogP contribution in [0.4, 0.5) is 0 Å². The van der Waals surface area contributed by atoms with Gasteiger partial charge in [0.25, 0.3) is 0 Å². The van der Waals surface area contributed by atoms with E-state index >= 15 is 0 Å². The van der Waals surface area contributed by atoms with E-state index < -0.39 is 10.0 Å². The van der Waals surface area contributed by atoms with Crippen LogP contribution in [0.5, 0.6) is 11.5 Å².